The normalized spacial score (nSPS) is 12.1. The van der Waals surface area contributed by atoms with Crippen molar-refractivity contribution in [2.24, 2.45) is 10.8 Å². The summed E-state index contributed by atoms with van der Waals surface area (Å²) in [4.78, 5) is 23.7. The molecule has 3 N–H and O–H groups in total. The maximum atomic E-state index is 12.3. The van der Waals surface area contributed by atoms with Crippen LogP contribution in [0.15, 0.2) is 17.0 Å². The molecule has 0 spiro atoms. The molecular weight excluding hydrogens is 415 g/mol. The van der Waals surface area contributed by atoms with E-state index in [0.717, 1.165) is 12.1 Å². The molecule has 0 aliphatic heterocycles. The maximum absolute atomic E-state index is 12.3. The van der Waals surface area contributed by atoms with Gasteiger partial charge in [0, 0.05) is 15.7 Å². The molecule has 0 saturated carbocycles. The van der Waals surface area contributed by atoms with Crippen molar-refractivity contribution in [2.75, 3.05) is 26.4 Å². The van der Waals surface area contributed by atoms with Crippen LogP contribution in [-0.4, -0.2) is 61.5 Å². The molecule has 29 heavy (non-hydrogen) atoms. The van der Waals surface area contributed by atoms with Crippen LogP contribution in [0, 0.1) is 16.9 Å². The summed E-state index contributed by atoms with van der Waals surface area (Å²) in [5.41, 5.74) is -2.73. The second kappa shape index (κ2) is 10.9. The summed E-state index contributed by atoms with van der Waals surface area (Å²) in [5, 5.41) is 18.4. The molecule has 0 fully saturated rings. The molecule has 0 heterocycles. The first-order valence-electron chi connectivity index (χ1n) is 8.32. The summed E-state index contributed by atoms with van der Waals surface area (Å²) in [7, 11) is -4.99. The Kier molecular flexibility index (Phi) is 10.5. The standard InChI is InChI=1S/C18H25O9S.Na/c1-17(2,8-19)10-26-15(21)12-6-5-7-13(14(12)28(23,24)25)16(22)27-11-18(3,4)9-20;/h6-7,19-20H,8-11H2,1-4H3,(H,23,24,25);/q-1;+1. The maximum Gasteiger partial charge on any atom is 1.00 e. The molecule has 0 saturated heterocycles. The molecule has 1 rings (SSSR count). The topological polar surface area (TPSA) is 147 Å². The number of carbonyl (C=O) groups is 2. The SMILES string of the molecule is CC(C)(CO)COC(=O)c1c[c-]cc(C(=O)OCC(C)(C)CO)c1S(=O)(=O)O.[Na+]. The Morgan fingerprint density at radius 2 is 1.28 bits per heavy atom. The molecule has 0 atom stereocenters. The summed E-state index contributed by atoms with van der Waals surface area (Å²) in [6.07, 6.45) is 0. The van der Waals surface area contributed by atoms with Crippen molar-refractivity contribution >= 4 is 22.1 Å². The second-order valence-corrected chi connectivity index (χ2v) is 9.24. The zero-order chi connectivity index (χ0) is 21.8. The number of esters is 2. The van der Waals surface area contributed by atoms with Crippen molar-refractivity contribution in [1.82, 2.24) is 0 Å². The summed E-state index contributed by atoms with van der Waals surface area (Å²) in [6.45, 7) is 5.44. The van der Waals surface area contributed by atoms with Crippen LogP contribution in [0.2, 0.25) is 0 Å². The molecule has 9 nitrogen and oxygen atoms in total. The van der Waals surface area contributed by atoms with Gasteiger partial charge in [-0.2, -0.15) is 26.6 Å². The summed E-state index contributed by atoms with van der Waals surface area (Å²) in [6, 6.07) is 4.38. The Morgan fingerprint density at radius 3 is 1.55 bits per heavy atom. The molecule has 0 aliphatic carbocycles. The van der Waals surface area contributed by atoms with Gasteiger partial charge in [-0.05, 0) is 11.1 Å². The van der Waals surface area contributed by atoms with Crippen LogP contribution in [0.25, 0.3) is 0 Å². The number of hydrogen-bond donors (Lipinski definition) is 3. The van der Waals surface area contributed by atoms with Crippen molar-refractivity contribution in [2.45, 2.75) is 32.6 Å². The number of benzene rings is 1. The first-order valence-corrected chi connectivity index (χ1v) is 9.76. The third-order valence-electron chi connectivity index (χ3n) is 3.69. The van der Waals surface area contributed by atoms with E-state index in [-0.39, 0.29) is 56.0 Å². The Morgan fingerprint density at radius 1 is 0.931 bits per heavy atom. The van der Waals surface area contributed by atoms with Gasteiger partial charge in [-0.25, -0.2) is 0 Å². The quantitative estimate of drug-likeness (QED) is 0.173. The molecule has 0 unspecified atom stereocenters. The third kappa shape index (κ3) is 8.33. The van der Waals surface area contributed by atoms with E-state index >= 15 is 0 Å². The number of carbonyl (C=O) groups excluding carboxylic acids is 2. The van der Waals surface area contributed by atoms with Crippen LogP contribution in [-0.2, 0) is 19.6 Å². The minimum atomic E-state index is -4.99. The second-order valence-electron chi connectivity index (χ2n) is 7.88. The van der Waals surface area contributed by atoms with Crippen molar-refractivity contribution < 1.29 is 71.8 Å². The van der Waals surface area contributed by atoms with Gasteiger partial charge in [-0.3, -0.25) is 14.1 Å². The van der Waals surface area contributed by atoms with Crippen LogP contribution in [0.4, 0.5) is 0 Å². The van der Waals surface area contributed by atoms with Crippen LogP contribution in [0.5, 0.6) is 0 Å². The largest absolute Gasteiger partial charge is 1.00 e. The monoisotopic (exact) mass is 440 g/mol. The van der Waals surface area contributed by atoms with Crippen LogP contribution in [0.1, 0.15) is 48.4 Å². The Balaban J connectivity index is 0.00000784. The Labute approximate surface area is 192 Å². The van der Waals surface area contributed by atoms with E-state index in [2.05, 4.69) is 6.07 Å². The fraction of sp³-hybridized carbons (Fsp3) is 0.556. The van der Waals surface area contributed by atoms with Crippen LogP contribution < -0.4 is 29.6 Å². The van der Waals surface area contributed by atoms with Crippen molar-refractivity contribution in [1.29, 1.82) is 0 Å². The summed E-state index contributed by atoms with van der Waals surface area (Å²) < 4.78 is 43.3. The molecule has 0 radical (unpaired) electrons. The fourth-order valence-electron chi connectivity index (χ4n) is 1.83. The molecule has 0 aromatic heterocycles. The zero-order valence-corrected chi connectivity index (χ0v) is 20.0. The Hall–Kier alpha value is -1.01. The van der Waals surface area contributed by atoms with E-state index in [4.69, 9.17) is 9.47 Å². The first-order chi connectivity index (χ1) is 12.7. The number of rotatable bonds is 9. The molecule has 1 aromatic carbocycles. The van der Waals surface area contributed by atoms with Gasteiger partial charge < -0.3 is 19.7 Å². The molecule has 0 aliphatic rings. The molecule has 0 amide bonds. The summed E-state index contributed by atoms with van der Waals surface area (Å²) in [5.74, 6) is -2.23. The third-order valence-corrected chi connectivity index (χ3v) is 4.64. The van der Waals surface area contributed by atoms with Gasteiger partial charge in [0.25, 0.3) is 22.1 Å². The van der Waals surface area contributed by atoms with Gasteiger partial charge >= 0.3 is 29.6 Å². The van der Waals surface area contributed by atoms with Gasteiger partial charge in [0.2, 0.25) is 0 Å². The predicted molar refractivity (Wildman–Crippen MR) is 97.4 cm³/mol. The minimum Gasteiger partial charge on any atom is -0.471 e. The van der Waals surface area contributed by atoms with Gasteiger partial charge in [0.1, 0.15) is 0 Å². The minimum absolute atomic E-state index is 0. The van der Waals surface area contributed by atoms with E-state index in [9.17, 15) is 32.8 Å². The molecule has 158 valence electrons. The van der Waals surface area contributed by atoms with Crippen molar-refractivity contribution in [3.05, 3.63) is 29.3 Å². The average Bonchev–Trinajstić information content (AvgIpc) is 2.63. The number of ether oxygens (including phenoxy) is 2. The number of aliphatic hydroxyl groups excluding tert-OH is 2. The zero-order valence-electron chi connectivity index (χ0n) is 17.2. The predicted octanol–water partition coefficient (Wildman–Crippen LogP) is -1.91. The van der Waals surface area contributed by atoms with Crippen molar-refractivity contribution in [3.8, 4) is 0 Å². The van der Waals surface area contributed by atoms with E-state index < -0.39 is 48.9 Å². The van der Waals surface area contributed by atoms with Gasteiger partial charge in [-0.1, -0.05) is 27.7 Å². The first kappa shape index (κ1) is 28.0. The van der Waals surface area contributed by atoms with E-state index in [0.29, 0.717) is 0 Å². The van der Waals surface area contributed by atoms with Crippen molar-refractivity contribution in [3.63, 3.8) is 0 Å². The van der Waals surface area contributed by atoms with E-state index in [1.54, 1.807) is 27.7 Å². The Bertz CT molecular complexity index is 781. The molecule has 1 aromatic rings. The fourth-order valence-corrected chi connectivity index (χ4v) is 2.67. The van der Waals surface area contributed by atoms with Gasteiger partial charge in [0.15, 0.2) is 0 Å². The van der Waals surface area contributed by atoms with Gasteiger partial charge in [-0.15, -0.1) is 0 Å². The molecular formula is C18H25NaO9S. The molecule has 11 heteroatoms. The average molecular weight is 440 g/mol. The number of hydrogen-bond acceptors (Lipinski definition) is 8. The van der Waals surface area contributed by atoms with E-state index in [1.165, 1.54) is 0 Å². The number of aliphatic hydroxyl groups is 2. The van der Waals surface area contributed by atoms with Crippen LogP contribution >= 0.6 is 0 Å². The molecule has 0 bridgehead atoms. The van der Waals surface area contributed by atoms with Crippen LogP contribution in [0.3, 0.4) is 0 Å². The van der Waals surface area contributed by atoms with E-state index in [1.807, 2.05) is 0 Å². The smallest absolute Gasteiger partial charge is 0.471 e. The van der Waals surface area contributed by atoms with Gasteiger partial charge in [0.05, 0.1) is 26.4 Å². The summed E-state index contributed by atoms with van der Waals surface area (Å²) >= 11 is 0.